The van der Waals surface area contributed by atoms with E-state index in [0.29, 0.717) is 18.2 Å². The summed E-state index contributed by atoms with van der Waals surface area (Å²) >= 11 is 0. The van der Waals surface area contributed by atoms with Gasteiger partial charge in [-0.2, -0.15) is 0 Å². The number of nitrogens with one attached hydrogen (secondary N) is 1. The highest BCUT2D eigenvalue weighted by Gasteiger charge is 2.25. The summed E-state index contributed by atoms with van der Waals surface area (Å²) in [7, 11) is 0. The molecule has 104 valence electrons. The molecule has 1 fully saturated rings. The second-order valence-corrected chi connectivity index (χ2v) is 5.35. The summed E-state index contributed by atoms with van der Waals surface area (Å²) in [5, 5.41) is 12.4. The van der Waals surface area contributed by atoms with Crippen LogP contribution in [0.4, 0.5) is 4.39 Å². The average molecular weight is 265 g/mol. The standard InChI is InChI=1S/C15H20FNO2/c1-10-8-11(2-7-14(10)16)9-17-13-5-3-12(4-6-13)15(18)19/h2,7-8,12-13,17H,3-6,9H2,1H3,(H,18,19). The molecule has 1 aromatic rings. The number of rotatable bonds is 4. The number of carboxylic acid groups (broad SMARTS) is 1. The molecule has 1 aromatic carbocycles. The first-order chi connectivity index (χ1) is 9.06. The van der Waals surface area contributed by atoms with E-state index in [1.807, 2.05) is 6.07 Å². The van der Waals surface area contributed by atoms with E-state index in [9.17, 15) is 9.18 Å². The Labute approximate surface area is 112 Å². The zero-order valence-electron chi connectivity index (χ0n) is 11.2. The highest BCUT2D eigenvalue weighted by atomic mass is 19.1. The Morgan fingerprint density at radius 3 is 2.63 bits per heavy atom. The van der Waals surface area contributed by atoms with Gasteiger partial charge in [-0.15, -0.1) is 0 Å². The predicted octanol–water partition coefficient (Wildman–Crippen LogP) is 2.87. The third-order valence-electron chi connectivity index (χ3n) is 3.89. The minimum absolute atomic E-state index is 0.175. The molecule has 0 bridgehead atoms. The molecule has 0 radical (unpaired) electrons. The number of aliphatic carboxylic acids is 1. The van der Waals surface area contributed by atoms with Gasteiger partial charge in [-0.25, -0.2) is 4.39 Å². The molecule has 1 saturated carbocycles. The molecule has 0 atom stereocenters. The highest BCUT2D eigenvalue weighted by Crippen LogP contribution is 2.24. The number of hydrogen-bond donors (Lipinski definition) is 2. The molecule has 4 heteroatoms. The summed E-state index contributed by atoms with van der Waals surface area (Å²) in [6, 6.07) is 5.51. The van der Waals surface area contributed by atoms with E-state index in [2.05, 4.69) is 5.32 Å². The maximum atomic E-state index is 13.1. The summed E-state index contributed by atoms with van der Waals surface area (Å²) in [6.45, 7) is 2.47. The number of hydrogen-bond acceptors (Lipinski definition) is 2. The van der Waals surface area contributed by atoms with E-state index in [0.717, 1.165) is 31.2 Å². The van der Waals surface area contributed by atoms with E-state index in [-0.39, 0.29) is 11.7 Å². The minimum atomic E-state index is -0.674. The van der Waals surface area contributed by atoms with Crippen molar-refractivity contribution in [3.63, 3.8) is 0 Å². The predicted molar refractivity (Wildman–Crippen MR) is 71.4 cm³/mol. The van der Waals surface area contributed by atoms with Crippen LogP contribution in [-0.2, 0) is 11.3 Å². The van der Waals surface area contributed by atoms with Gasteiger partial charge in [-0.05, 0) is 49.8 Å². The van der Waals surface area contributed by atoms with Gasteiger partial charge in [-0.3, -0.25) is 4.79 Å². The van der Waals surface area contributed by atoms with Crippen molar-refractivity contribution in [1.29, 1.82) is 0 Å². The van der Waals surface area contributed by atoms with Gasteiger partial charge in [0.25, 0.3) is 0 Å². The largest absolute Gasteiger partial charge is 0.481 e. The molecular formula is C15H20FNO2. The topological polar surface area (TPSA) is 49.3 Å². The van der Waals surface area contributed by atoms with Gasteiger partial charge >= 0.3 is 5.97 Å². The summed E-state index contributed by atoms with van der Waals surface area (Å²) in [5.41, 5.74) is 1.73. The van der Waals surface area contributed by atoms with Crippen LogP contribution >= 0.6 is 0 Å². The molecule has 19 heavy (non-hydrogen) atoms. The molecule has 1 aliphatic rings. The lowest BCUT2D eigenvalue weighted by atomic mass is 9.86. The van der Waals surface area contributed by atoms with Crippen molar-refractivity contribution in [1.82, 2.24) is 5.32 Å². The van der Waals surface area contributed by atoms with Crippen LogP contribution < -0.4 is 5.32 Å². The number of halogens is 1. The van der Waals surface area contributed by atoms with Gasteiger partial charge in [0, 0.05) is 12.6 Å². The summed E-state index contributed by atoms with van der Waals surface area (Å²) in [6.07, 6.45) is 3.29. The Hall–Kier alpha value is -1.42. The van der Waals surface area contributed by atoms with E-state index in [1.54, 1.807) is 13.0 Å². The first kappa shape index (κ1) is 14.0. The molecule has 2 N–H and O–H groups in total. The Morgan fingerprint density at radius 1 is 1.37 bits per heavy atom. The van der Waals surface area contributed by atoms with E-state index < -0.39 is 5.97 Å². The molecule has 0 aromatic heterocycles. The maximum Gasteiger partial charge on any atom is 0.306 e. The van der Waals surface area contributed by atoms with E-state index >= 15 is 0 Å². The first-order valence-corrected chi connectivity index (χ1v) is 6.77. The number of carbonyl (C=O) groups is 1. The van der Waals surface area contributed by atoms with Crippen LogP contribution in [0.25, 0.3) is 0 Å². The molecule has 1 aliphatic carbocycles. The van der Waals surface area contributed by atoms with Gasteiger partial charge in [0.1, 0.15) is 5.82 Å². The Morgan fingerprint density at radius 2 is 2.05 bits per heavy atom. The smallest absolute Gasteiger partial charge is 0.306 e. The normalized spacial score (nSPS) is 23.3. The maximum absolute atomic E-state index is 13.1. The second-order valence-electron chi connectivity index (χ2n) is 5.35. The van der Waals surface area contributed by atoms with Crippen molar-refractivity contribution in [2.24, 2.45) is 5.92 Å². The summed E-state index contributed by atoms with van der Waals surface area (Å²) in [4.78, 5) is 10.9. The molecular weight excluding hydrogens is 245 g/mol. The van der Waals surface area contributed by atoms with Gasteiger partial charge < -0.3 is 10.4 Å². The fourth-order valence-electron chi connectivity index (χ4n) is 2.62. The van der Waals surface area contributed by atoms with Crippen LogP contribution in [-0.4, -0.2) is 17.1 Å². The third-order valence-corrected chi connectivity index (χ3v) is 3.89. The van der Waals surface area contributed by atoms with Crippen LogP contribution in [0.5, 0.6) is 0 Å². The Balaban J connectivity index is 1.80. The van der Waals surface area contributed by atoms with Crippen molar-refractivity contribution >= 4 is 5.97 Å². The van der Waals surface area contributed by atoms with Gasteiger partial charge in [-0.1, -0.05) is 12.1 Å². The van der Waals surface area contributed by atoms with Crippen molar-refractivity contribution in [2.45, 2.75) is 45.2 Å². The lowest BCUT2D eigenvalue weighted by Gasteiger charge is -2.27. The lowest BCUT2D eigenvalue weighted by Crippen LogP contribution is -2.34. The quantitative estimate of drug-likeness (QED) is 0.880. The van der Waals surface area contributed by atoms with Crippen molar-refractivity contribution < 1.29 is 14.3 Å². The average Bonchev–Trinajstić information content (AvgIpc) is 2.40. The third kappa shape index (κ3) is 3.77. The Kier molecular flexibility index (Phi) is 4.53. The van der Waals surface area contributed by atoms with E-state index in [4.69, 9.17) is 5.11 Å². The van der Waals surface area contributed by atoms with Crippen molar-refractivity contribution in [2.75, 3.05) is 0 Å². The molecule has 2 rings (SSSR count). The number of benzene rings is 1. The summed E-state index contributed by atoms with van der Waals surface area (Å²) in [5.74, 6) is -1.02. The molecule has 0 saturated heterocycles. The zero-order chi connectivity index (χ0) is 13.8. The van der Waals surface area contributed by atoms with Crippen LogP contribution in [0.2, 0.25) is 0 Å². The Bertz CT molecular complexity index is 453. The molecule has 0 spiro atoms. The molecule has 0 heterocycles. The molecule has 0 amide bonds. The minimum Gasteiger partial charge on any atom is -0.481 e. The van der Waals surface area contributed by atoms with Crippen LogP contribution in [0.3, 0.4) is 0 Å². The second kappa shape index (κ2) is 6.15. The first-order valence-electron chi connectivity index (χ1n) is 6.77. The monoisotopic (exact) mass is 265 g/mol. The fourth-order valence-corrected chi connectivity index (χ4v) is 2.62. The SMILES string of the molecule is Cc1cc(CNC2CCC(C(=O)O)CC2)ccc1F. The number of aryl methyl sites for hydroxylation is 1. The van der Waals surface area contributed by atoms with Gasteiger partial charge in [0.2, 0.25) is 0 Å². The fraction of sp³-hybridized carbons (Fsp3) is 0.533. The molecule has 0 aliphatic heterocycles. The van der Waals surface area contributed by atoms with Gasteiger partial charge in [0.15, 0.2) is 0 Å². The van der Waals surface area contributed by atoms with Crippen molar-refractivity contribution in [3.05, 3.63) is 35.1 Å². The van der Waals surface area contributed by atoms with Crippen molar-refractivity contribution in [3.8, 4) is 0 Å². The molecule has 3 nitrogen and oxygen atoms in total. The number of carboxylic acids is 1. The van der Waals surface area contributed by atoms with Gasteiger partial charge in [0.05, 0.1) is 5.92 Å². The lowest BCUT2D eigenvalue weighted by molar-refractivity contribution is -0.142. The van der Waals surface area contributed by atoms with Crippen LogP contribution in [0.1, 0.15) is 36.8 Å². The zero-order valence-corrected chi connectivity index (χ0v) is 11.2. The molecule has 0 unspecified atom stereocenters. The highest BCUT2D eigenvalue weighted by molar-refractivity contribution is 5.70. The van der Waals surface area contributed by atoms with Crippen LogP contribution in [0, 0.1) is 18.7 Å². The summed E-state index contributed by atoms with van der Waals surface area (Å²) < 4.78 is 13.1. The van der Waals surface area contributed by atoms with Crippen LogP contribution in [0.15, 0.2) is 18.2 Å². The van der Waals surface area contributed by atoms with E-state index in [1.165, 1.54) is 6.07 Å².